The highest BCUT2D eigenvalue weighted by atomic mass is 15.0. The second-order valence-electron chi connectivity index (χ2n) is 15.1. The van der Waals surface area contributed by atoms with Gasteiger partial charge in [0.2, 0.25) is 0 Å². The molecule has 1 aromatic heterocycles. The summed E-state index contributed by atoms with van der Waals surface area (Å²) in [5.74, 6) is 1.93. The number of benzene rings is 11. The summed E-state index contributed by atoms with van der Waals surface area (Å²) >= 11 is 0. The third-order valence-corrected chi connectivity index (χ3v) is 11.9. The zero-order valence-electron chi connectivity index (χ0n) is 31.4. The van der Waals surface area contributed by atoms with E-state index >= 15 is 0 Å². The van der Waals surface area contributed by atoms with Crippen LogP contribution in [0.2, 0.25) is 0 Å². The molecule has 0 atom stereocenters. The molecule has 0 saturated heterocycles. The van der Waals surface area contributed by atoms with Gasteiger partial charge in [-0.25, -0.2) is 15.0 Å². The van der Waals surface area contributed by atoms with Gasteiger partial charge in [-0.05, 0) is 98.7 Å². The highest BCUT2D eigenvalue weighted by Crippen LogP contribution is 2.43. The average molecular weight is 736 g/mol. The van der Waals surface area contributed by atoms with Crippen LogP contribution in [0.15, 0.2) is 200 Å². The van der Waals surface area contributed by atoms with Crippen LogP contribution in [0.1, 0.15) is 0 Å². The Labute approximate surface area is 334 Å². The van der Waals surface area contributed by atoms with Crippen LogP contribution in [-0.4, -0.2) is 15.0 Å². The normalized spacial score (nSPS) is 11.8. The van der Waals surface area contributed by atoms with Crippen molar-refractivity contribution in [3.05, 3.63) is 200 Å². The number of rotatable bonds is 4. The Balaban J connectivity index is 1.03. The van der Waals surface area contributed by atoms with Crippen molar-refractivity contribution in [1.29, 1.82) is 0 Å². The van der Waals surface area contributed by atoms with Gasteiger partial charge in [-0.15, -0.1) is 0 Å². The number of fused-ring (bicyclic) bond motifs is 14. The highest BCUT2D eigenvalue weighted by Gasteiger charge is 2.17. The van der Waals surface area contributed by atoms with Crippen LogP contribution >= 0.6 is 0 Å². The Bertz CT molecular complexity index is 3570. The van der Waals surface area contributed by atoms with Crippen LogP contribution < -0.4 is 0 Å². The minimum atomic E-state index is 0.639. The van der Waals surface area contributed by atoms with Gasteiger partial charge in [-0.3, -0.25) is 0 Å². The standard InChI is InChI=1S/C55H33N3/c1-2-14-35(15-3-1)53-56-54(58-55(57-53)37-30-31-46-40-18-5-4-16-38(40)39-17-6-8-21-43(39)50(46)32-37)36-28-26-34(27-29-36)49-33-51-44-22-9-7-19-41(44)42-20-10-12-24-47(42)52(51)48-25-13-11-23-45(48)49/h1-33H. The molecular formula is C55H33N3. The van der Waals surface area contributed by atoms with Gasteiger partial charge >= 0.3 is 0 Å². The van der Waals surface area contributed by atoms with Crippen molar-refractivity contribution in [2.45, 2.75) is 0 Å². The molecule has 0 bridgehead atoms. The van der Waals surface area contributed by atoms with Gasteiger partial charge in [0.1, 0.15) is 0 Å². The van der Waals surface area contributed by atoms with Crippen LogP contribution in [0.5, 0.6) is 0 Å². The Morgan fingerprint density at radius 2 is 0.552 bits per heavy atom. The fourth-order valence-electron chi connectivity index (χ4n) is 9.20. The predicted octanol–water partition coefficient (Wildman–Crippen LogP) is 14.6. The first kappa shape index (κ1) is 32.5. The van der Waals surface area contributed by atoms with E-state index in [9.17, 15) is 0 Å². The van der Waals surface area contributed by atoms with Gasteiger partial charge in [0.25, 0.3) is 0 Å². The highest BCUT2D eigenvalue weighted by molar-refractivity contribution is 6.33. The smallest absolute Gasteiger partial charge is 0.164 e. The van der Waals surface area contributed by atoms with E-state index in [1.54, 1.807) is 0 Å². The second-order valence-corrected chi connectivity index (χ2v) is 15.1. The molecule has 12 rings (SSSR count). The van der Waals surface area contributed by atoms with Crippen LogP contribution in [0.4, 0.5) is 0 Å². The lowest BCUT2D eigenvalue weighted by Gasteiger charge is -2.16. The molecule has 1 heterocycles. The summed E-state index contributed by atoms with van der Waals surface area (Å²) < 4.78 is 0. The Morgan fingerprint density at radius 1 is 0.207 bits per heavy atom. The summed E-state index contributed by atoms with van der Waals surface area (Å²) in [4.78, 5) is 15.4. The summed E-state index contributed by atoms with van der Waals surface area (Å²) in [6.45, 7) is 0. The molecule has 3 heteroatoms. The van der Waals surface area contributed by atoms with Gasteiger partial charge in [-0.2, -0.15) is 0 Å². The van der Waals surface area contributed by atoms with Gasteiger partial charge in [0.05, 0.1) is 0 Å². The molecule has 3 nitrogen and oxygen atoms in total. The maximum absolute atomic E-state index is 5.18. The van der Waals surface area contributed by atoms with Gasteiger partial charge in [0.15, 0.2) is 17.5 Å². The van der Waals surface area contributed by atoms with Crippen molar-refractivity contribution < 1.29 is 0 Å². The van der Waals surface area contributed by atoms with E-state index in [0.29, 0.717) is 17.5 Å². The quantitative estimate of drug-likeness (QED) is 0.169. The lowest BCUT2D eigenvalue weighted by molar-refractivity contribution is 1.07. The Hall–Kier alpha value is -7.75. The third-order valence-electron chi connectivity index (χ3n) is 11.9. The molecule has 0 saturated carbocycles. The topological polar surface area (TPSA) is 38.7 Å². The van der Waals surface area contributed by atoms with Crippen molar-refractivity contribution in [2.24, 2.45) is 0 Å². The van der Waals surface area contributed by atoms with Crippen LogP contribution in [-0.2, 0) is 0 Å². The third kappa shape index (κ3) is 5.04. The summed E-state index contributed by atoms with van der Waals surface area (Å²) in [5.41, 5.74) is 5.18. The monoisotopic (exact) mass is 735 g/mol. The lowest BCUT2D eigenvalue weighted by Crippen LogP contribution is -2.00. The molecule has 11 aromatic carbocycles. The molecule has 0 N–H and O–H groups in total. The number of hydrogen-bond donors (Lipinski definition) is 0. The minimum absolute atomic E-state index is 0.639. The summed E-state index contributed by atoms with van der Waals surface area (Å²) in [7, 11) is 0. The number of hydrogen-bond acceptors (Lipinski definition) is 3. The molecule has 0 aliphatic carbocycles. The molecule has 0 amide bonds. The lowest BCUT2D eigenvalue weighted by atomic mass is 9.87. The van der Waals surface area contributed by atoms with E-state index in [-0.39, 0.29) is 0 Å². The van der Waals surface area contributed by atoms with Crippen LogP contribution in [0.3, 0.4) is 0 Å². The van der Waals surface area contributed by atoms with Crippen molar-refractivity contribution >= 4 is 75.4 Å². The summed E-state index contributed by atoms with van der Waals surface area (Å²) in [5, 5.41) is 17.5. The maximum atomic E-state index is 5.18. The molecule has 0 aliphatic rings. The first-order chi connectivity index (χ1) is 28.8. The van der Waals surface area contributed by atoms with Crippen molar-refractivity contribution in [1.82, 2.24) is 15.0 Å². The van der Waals surface area contributed by atoms with E-state index in [2.05, 4.69) is 182 Å². The average Bonchev–Trinajstić information content (AvgIpc) is 3.31. The van der Waals surface area contributed by atoms with Crippen molar-refractivity contribution in [3.63, 3.8) is 0 Å². The van der Waals surface area contributed by atoms with Crippen molar-refractivity contribution in [2.75, 3.05) is 0 Å². The molecular weight excluding hydrogens is 703 g/mol. The fraction of sp³-hybridized carbons (Fsp3) is 0. The molecule has 0 spiro atoms. The zero-order chi connectivity index (χ0) is 38.2. The molecule has 268 valence electrons. The molecule has 0 fully saturated rings. The number of aromatic nitrogens is 3. The van der Waals surface area contributed by atoms with E-state index in [0.717, 1.165) is 22.3 Å². The molecule has 0 radical (unpaired) electrons. The second kappa shape index (κ2) is 12.9. The van der Waals surface area contributed by atoms with E-state index in [4.69, 9.17) is 15.0 Å². The molecule has 58 heavy (non-hydrogen) atoms. The van der Waals surface area contributed by atoms with Gasteiger partial charge in [0, 0.05) is 16.7 Å². The summed E-state index contributed by atoms with van der Waals surface area (Å²) in [6, 6.07) is 71.7. The largest absolute Gasteiger partial charge is 0.208 e. The van der Waals surface area contributed by atoms with Crippen LogP contribution in [0.25, 0.3) is 121 Å². The zero-order valence-corrected chi connectivity index (χ0v) is 31.4. The summed E-state index contributed by atoms with van der Waals surface area (Å²) in [6.07, 6.45) is 0. The van der Waals surface area contributed by atoms with Gasteiger partial charge < -0.3 is 0 Å². The maximum Gasteiger partial charge on any atom is 0.164 e. The minimum Gasteiger partial charge on any atom is -0.208 e. The van der Waals surface area contributed by atoms with E-state index < -0.39 is 0 Å². The van der Waals surface area contributed by atoms with E-state index in [1.165, 1.54) is 81.0 Å². The Kier molecular flexibility index (Phi) is 7.23. The van der Waals surface area contributed by atoms with E-state index in [1.807, 2.05) is 18.2 Å². The number of nitrogens with zero attached hydrogens (tertiary/aromatic N) is 3. The van der Waals surface area contributed by atoms with Crippen molar-refractivity contribution in [3.8, 4) is 45.3 Å². The first-order valence-electron chi connectivity index (χ1n) is 19.8. The SMILES string of the molecule is c1ccc(-c2nc(-c3ccc(-c4cc5c6ccccc6c6ccccc6c5c5ccccc45)cc3)nc(-c3ccc4c5ccccc5c5ccccc5c4c3)n2)cc1. The molecule has 12 aromatic rings. The van der Waals surface area contributed by atoms with Gasteiger partial charge in [-0.1, -0.05) is 188 Å². The predicted molar refractivity (Wildman–Crippen MR) is 244 cm³/mol. The van der Waals surface area contributed by atoms with Crippen LogP contribution in [0, 0.1) is 0 Å². The molecule has 0 aliphatic heterocycles. The Morgan fingerprint density at radius 3 is 1.10 bits per heavy atom. The first-order valence-corrected chi connectivity index (χ1v) is 19.8. The fourth-order valence-corrected chi connectivity index (χ4v) is 9.20. The molecule has 0 unspecified atom stereocenters.